The summed E-state index contributed by atoms with van der Waals surface area (Å²) in [5.74, 6) is 0.886. The van der Waals surface area contributed by atoms with E-state index in [0.29, 0.717) is 6.54 Å². The Morgan fingerprint density at radius 2 is 1.89 bits per heavy atom. The van der Waals surface area contributed by atoms with E-state index in [1.54, 1.807) is 0 Å². The predicted molar refractivity (Wildman–Crippen MR) is 78.1 cm³/mol. The lowest BCUT2D eigenvalue weighted by Crippen LogP contribution is -2.36. The average molecular weight is 260 g/mol. The third-order valence-corrected chi connectivity index (χ3v) is 3.54. The van der Waals surface area contributed by atoms with Gasteiger partial charge in [0.25, 0.3) is 0 Å². The maximum absolute atomic E-state index is 11.8. The van der Waals surface area contributed by atoms with Crippen molar-refractivity contribution in [3.8, 4) is 0 Å². The van der Waals surface area contributed by atoms with Crippen LogP contribution in [0.3, 0.4) is 0 Å². The molecule has 3 heteroatoms. The Morgan fingerprint density at radius 3 is 2.47 bits per heavy atom. The normalized spacial score (nSPS) is 16.2. The van der Waals surface area contributed by atoms with Crippen LogP contribution < -0.4 is 10.6 Å². The van der Waals surface area contributed by atoms with E-state index < -0.39 is 0 Å². The maximum Gasteiger partial charge on any atom is 0.234 e. The average Bonchev–Trinajstić information content (AvgIpc) is 3.11. The van der Waals surface area contributed by atoms with Crippen LogP contribution in [-0.2, 0) is 4.79 Å². The summed E-state index contributed by atoms with van der Waals surface area (Å²) >= 11 is 0. The van der Waals surface area contributed by atoms with Gasteiger partial charge in [0.2, 0.25) is 5.91 Å². The van der Waals surface area contributed by atoms with E-state index in [9.17, 15) is 4.79 Å². The Kier molecular flexibility index (Phi) is 4.59. The Balaban J connectivity index is 1.81. The quantitative estimate of drug-likeness (QED) is 0.825. The van der Waals surface area contributed by atoms with Crippen LogP contribution in [0.5, 0.6) is 0 Å². The lowest BCUT2D eigenvalue weighted by atomic mass is 10.0. The Labute approximate surface area is 115 Å². The topological polar surface area (TPSA) is 41.1 Å². The molecule has 2 N–H and O–H groups in total. The van der Waals surface area contributed by atoms with Crippen LogP contribution in [0, 0.1) is 19.8 Å². The summed E-state index contributed by atoms with van der Waals surface area (Å²) in [5.41, 5.74) is 3.65. The second kappa shape index (κ2) is 6.20. The number of nitrogens with one attached hydrogen (secondary N) is 2. The minimum atomic E-state index is 0.0637. The van der Waals surface area contributed by atoms with Gasteiger partial charge in [0, 0.05) is 0 Å². The molecule has 0 spiro atoms. The predicted octanol–water partition coefficient (Wildman–Crippen LogP) is 2.48. The molecule has 104 valence electrons. The van der Waals surface area contributed by atoms with E-state index in [1.165, 1.54) is 29.5 Å². The van der Waals surface area contributed by atoms with Crippen LogP contribution in [0.25, 0.3) is 0 Å². The molecule has 1 aliphatic carbocycles. The highest BCUT2D eigenvalue weighted by Crippen LogP contribution is 2.27. The second-order valence-corrected chi connectivity index (χ2v) is 5.78. The van der Waals surface area contributed by atoms with Crippen LogP contribution in [0.4, 0.5) is 0 Å². The van der Waals surface area contributed by atoms with Gasteiger partial charge in [-0.2, -0.15) is 0 Å². The van der Waals surface area contributed by atoms with Gasteiger partial charge in [0.1, 0.15) is 0 Å². The fraction of sp³-hybridized carbons (Fsp3) is 0.562. The molecule has 1 aromatic rings. The first-order valence-corrected chi connectivity index (χ1v) is 7.13. The van der Waals surface area contributed by atoms with Crippen LogP contribution in [0.2, 0.25) is 0 Å². The van der Waals surface area contributed by atoms with E-state index >= 15 is 0 Å². The monoisotopic (exact) mass is 260 g/mol. The number of benzene rings is 1. The third-order valence-electron chi connectivity index (χ3n) is 3.54. The van der Waals surface area contributed by atoms with Crippen molar-refractivity contribution in [2.45, 2.75) is 39.7 Å². The fourth-order valence-corrected chi connectivity index (χ4v) is 2.35. The molecule has 1 saturated carbocycles. The summed E-state index contributed by atoms with van der Waals surface area (Å²) in [6, 6.07) is 6.48. The molecule has 0 saturated heterocycles. The minimum Gasteiger partial charge on any atom is -0.348 e. The molecule has 0 aromatic heterocycles. The first-order valence-electron chi connectivity index (χ1n) is 7.13. The van der Waals surface area contributed by atoms with Crippen LogP contribution in [0.1, 0.15) is 42.5 Å². The van der Waals surface area contributed by atoms with Gasteiger partial charge in [-0.25, -0.2) is 0 Å². The lowest BCUT2D eigenvalue weighted by Gasteiger charge is -2.16. The molecule has 0 aliphatic heterocycles. The summed E-state index contributed by atoms with van der Waals surface area (Å²) < 4.78 is 0. The van der Waals surface area contributed by atoms with Gasteiger partial charge in [0.15, 0.2) is 0 Å². The van der Waals surface area contributed by atoms with Gasteiger partial charge in [0.05, 0.1) is 12.6 Å². The molecule has 1 fully saturated rings. The van der Waals surface area contributed by atoms with Gasteiger partial charge in [-0.15, -0.1) is 0 Å². The van der Waals surface area contributed by atoms with Crippen LogP contribution in [0.15, 0.2) is 18.2 Å². The van der Waals surface area contributed by atoms with Gasteiger partial charge in [-0.1, -0.05) is 29.3 Å². The summed E-state index contributed by atoms with van der Waals surface area (Å²) in [4.78, 5) is 11.8. The van der Waals surface area contributed by atoms with Gasteiger partial charge < -0.3 is 10.6 Å². The van der Waals surface area contributed by atoms with E-state index in [2.05, 4.69) is 42.7 Å². The van der Waals surface area contributed by atoms with E-state index in [0.717, 1.165) is 12.5 Å². The minimum absolute atomic E-state index is 0.0637. The number of hydrogen-bond acceptors (Lipinski definition) is 2. The van der Waals surface area contributed by atoms with Gasteiger partial charge in [-0.3, -0.25) is 4.79 Å². The molecule has 1 amide bonds. The van der Waals surface area contributed by atoms with Crippen molar-refractivity contribution in [1.29, 1.82) is 0 Å². The number of rotatable bonds is 6. The van der Waals surface area contributed by atoms with Crippen molar-refractivity contribution >= 4 is 5.91 Å². The number of aryl methyl sites for hydroxylation is 2. The van der Waals surface area contributed by atoms with Gasteiger partial charge in [-0.05, 0) is 51.6 Å². The van der Waals surface area contributed by atoms with Crippen LogP contribution >= 0.6 is 0 Å². The fourth-order valence-electron chi connectivity index (χ4n) is 2.35. The molecule has 0 bridgehead atoms. The highest BCUT2D eigenvalue weighted by molar-refractivity contribution is 5.78. The molecule has 2 rings (SSSR count). The maximum atomic E-state index is 11.8. The van der Waals surface area contributed by atoms with Gasteiger partial charge >= 0.3 is 0 Å². The first kappa shape index (κ1) is 14.1. The van der Waals surface area contributed by atoms with Crippen molar-refractivity contribution in [2.75, 3.05) is 13.1 Å². The highest BCUT2D eigenvalue weighted by atomic mass is 16.1. The largest absolute Gasteiger partial charge is 0.348 e. The zero-order valence-corrected chi connectivity index (χ0v) is 12.1. The standard InChI is InChI=1S/C16H24N2O/c1-11-6-12(2)8-15(7-11)13(3)18-16(19)10-17-9-14-4-5-14/h6-8,13-14,17H,4-5,9-10H2,1-3H3,(H,18,19). The second-order valence-electron chi connectivity index (χ2n) is 5.78. The molecule has 19 heavy (non-hydrogen) atoms. The molecule has 1 aromatic carbocycles. The molecule has 3 nitrogen and oxygen atoms in total. The van der Waals surface area contributed by atoms with Crippen LogP contribution in [-0.4, -0.2) is 19.0 Å². The summed E-state index contributed by atoms with van der Waals surface area (Å²) in [6.45, 7) is 7.61. The van der Waals surface area contributed by atoms with Crippen molar-refractivity contribution in [1.82, 2.24) is 10.6 Å². The van der Waals surface area contributed by atoms with E-state index in [4.69, 9.17) is 0 Å². The summed E-state index contributed by atoms with van der Waals surface area (Å²) in [5, 5.41) is 6.26. The first-order chi connectivity index (χ1) is 9.04. The Morgan fingerprint density at radius 1 is 1.26 bits per heavy atom. The van der Waals surface area contributed by atoms with Crippen molar-refractivity contribution < 1.29 is 4.79 Å². The van der Waals surface area contributed by atoms with Crippen molar-refractivity contribution in [3.63, 3.8) is 0 Å². The summed E-state index contributed by atoms with van der Waals surface area (Å²) in [6.07, 6.45) is 2.63. The number of amides is 1. The zero-order valence-electron chi connectivity index (χ0n) is 12.1. The molecule has 1 unspecified atom stereocenters. The highest BCUT2D eigenvalue weighted by Gasteiger charge is 2.20. The molecular formula is C16H24N2O. The zero-order chi connectivity index (χ0) is 13.8. The SMILES string of the molecule is Cc1cc(C)cc(C(C)NC(=O)CNCC2CC2)c1. The number of hydrogen-bond donors (Lipinski definition) is 2. The summed E-state index contributed by atoms with van der Waals surface area (Å²) in [7, 11) is 0. The Hall–Kier alpha value is -1.35. The smallest absolute Gasteiger partial charge is 0.234 e. The van der Waals surface area contributed by atoms with E-state index in [-0.39, 0.29) is 11.9 Å². The third kappa shape index (κ3) is 4.67. The van der Waals surface area contributed by atoms with Crippen molar-refractivity contribution in [2.24, 2.45) is 5.92 Å². The molecule has 0 heterocycles. The van der Waals surface area contributed by atoms with Crippen molar-refractivity contribution in [3.05, 3.63) is 34.9 Å². The number of carbonyl (C=O) groups excluding carboxylic acids is 1. The molecule has 1 aliphatic rings. The van der Waals surface area contributed by atoms with E-state index in [1.807, 2.05) is 6.92 Å². The molecule has 0 radical (unpaired) electrons. The molecular weight excluding hydrogens is 236 g/mol. The molecule has 1 atom stereocenters. The number of carbonyl (C=O) groups is 1. The Bertz CT molecular complexity index is 432. The lowest BCUT2D eigenvalue weighted by molar-refractivity contribution is -0.120.